The van der Waals surface area contributed by atoms with E-state index in [1.807, 2.05) is 52.8 Å². The number of carbonyl (C=O) groups is 3. The molecule has 0 aromatic carbocycles. The third-order valence-electron chi connectivity index (χ3n) is 10.9. The van der Waals surface area contributed by atoms with E-state index in [1.54, 1.807) is 7.11 Å². The molecule has 3 aliphatic rings. The average Bonchev–Trinajstić information content (AvgIpc) is 3.86. The first-order valence-corrected chi connectivity index (χ1v) is 18.7. The van der Waals surface area contributed by atoms with Gasteiger partial charge in [0.2, 0.25) is 0 Å². The number of aliphatic hydroxyl groups excluding tert-OH is 2. The quantitative estimate of drug-likeness (QED) is 0.0947. The SMILES string of the molecule is CC[C@H](O)[C@@H](C)[C@H]1OC1C[C@H](C)/C=C/C=C(\C)[C@H]1OC(=O)CC(O)CC[C@@](C)(OC)C/C(C2CN(CCCC(=O)OC)CCN2C(=O)O)=C/[C@@H]1C. The lowest BCUT2D eigenvalue weighted by Crippen LogP contribution is -2.56. The van der Waals surface area contributed by atoms with E-state index in [9.17, 15) is 29.7 Å². The summed E-state index contributed by atoms with van der Waals surface area (Å²) in [4.78, 5) is 41.2. The minimum Gasteiger partial charge on any atom is -0.469 e. The number of nitrogens with zero attached hydrogens (tertiary/aromatic N) is 2. The van der Waals surface area contributed by atoms with E-state index in [0.717, 1.165) is 17.6 Å². The Morgan fingerprint density at radius 1 is 1.22 bits per heavy atom. The van der Waals surface area contributed by atoms with Crippen molar-refractivity contribution >= 4 is 18.0 Å². The summed E-state index contributed by atoms with van der Waals surface area (Å²) in [6.07, 6.45) is 8.81. The Bertz CT molecular complexity index is 1250. The second-order valence-corrected chi connectivity index (χ2v) is 15.2. The average molecular weight is 721 g/mol. The van der Waals surface area contributed by atoms with E-state index in [-0.39, 0.29) is 54.9 Å². The number of ether oxygens (including phenoxy) is 4. The lowest BCUT2D eigenvalue weighted by Gasteiger charge is -2.43. The van der Waals surface area contributed by atoms with Crippen molar-refractivity contribution in [1.82, 2.24) is 9.80 Å². The van der Waals surface area contributed by atoms with Crippen molar-refractivity contribution in [3.63, 3.8) is 0 Å². The number of rotatable bonds is 14. The molecule has 3 heterocycles. The Hall–Kier alpha value is -2.77. The molecule has 0 spiro atoms. The van der Waals surface area contributed by atoms with Gasteiger partial charge in [0, 0.05) is 45.0 Å². The molecule has 0 aromatic rings. The first-order chi connectivity index (χ1) is 24.1. The summed E-state index contributed by atoms with van der Waals surface area (Å²) in [7, 11) is 2.99. The zero-order valence-electron chi connectivity index (χ0n) is 32.1. The van der Waals surface area contributed by atoms with Gasteiger partial charge in [-0.15, -0.1) is 0 Å². The summed E-state index contributed by atoms with van der Waals surface area (Å²) in [6, 6.07) is -0.491. The van der Waals surface area contributed by atoms with Crippen LogP contribution in [0.3, 0.4) is 0 Å². The maximum atomic E-state index is 13.2. The molecule has 2 fully saturated rings. The highest BCUT2D eigenvalue weighted by Gasteiger charge is 2.45. The number of methoxy groups -OCH3 is 2. The van der Waals surface area contributed by atoms with Crippen LogP contribution in [0.25, 0.3) is 0 Å². The van der Waals surface area contributed by atoms with E-state index < -0.39 is 35.9 Å². The third kappa shape index (κ3) is 13.0. The lowest BCUT2D eigenvalue weighted by atomic mass is 9.83. The Labute approximate surface area is 304 Å². The van der Waals surface area contributed by atoms with Crippen LogP contribution in [0.5, 0.6) is 0 Å². The van der Waals surface area contributed by atoms with Crippen molar-refractivity contribution < 1.29 is 48.7 Å². The summed E-state index contributed by atoms with van der Waals surface area (Å²) < 4.78 is 22.8. The number of hydrogen-bond donors (Lipinski definition) is 3. The van der Waals surface area contributed by atoms with Crippen molar-refractivity contribution in [3.8, 4) is 0 Å². The molecular weight excluding hydrogens is 656 g/mol. The minimum absolute atomic E-state index is 0.0778. The van der Waals surface area contributed by atoms with Gasteiger partial charge in [0.25, 0.3) is 0 Å². The molecule has 3 rings (SSSR count). The van der Waals surface area contributed by atoms with Crippen LogP contribution in [-0.4, -0.2) is 126 Å². The number of amides is 1. The molecule has 12 heteroatoms. The lowest BCUT2D eigenvalue weighted by molar-refractivity contribution is -0.151. The number of carbonyl (C=O) groups excluding carboxylic acids is 2. The second-order valence-electron chi connectivity index (χ2n) is 15.2. The van der Waals surface area contributed by atoms with Gasteiger partial charge in [-0.3, -0.25) is 19.4 Å². The van der Waals surface area contributed by atoms with Gasteiger partial charge >= 0.3 is 18.0 Å². The molecule has 12 nitrogen and oxygen atoms in total. The minimum atomic E-state index is -1.01. The van der Waals surface area contributed by atoms with Crippen LogP contribution < -0.4 is 0 Å². The number of carboxylic acid groups (broad SMARTS) is 1. The highest BCUT2D eigenvalue weighted by Crippen LogP contribution is 2.37. The first-order valence-electron chi connectivity index (χ1n) is 18.7. The van der Waals surface area contributed by atoms with E-state index in [2.05, 4.69) is 17.9 Å². The maximum Gasteiger partial charge on any atom is 0.407 e. The van der Waals surface area contributed by atoms with E-state index in [0.29, 0.717) is 58.3 Å². The highest BCUT2D eigenvalue weighted by molar-refractivity contribution is 5.70. The van der Waals surface area contributed by atoms with E-state index in [4.69, 9.17) is 18.9 Å². The number of aliphatic hydroxyl groups is 2. The summed E-state index contributed by atoms with van der Waals surface area (Å²) in [5, 5.41) is 31.3. The van der Waals surface area contributed by atoms with Crippen LogP contribution in [0.4, 0.5) is 4.79 Å². The van der Waals surface area contributed by atoms with Gasteiger partial charge in [-0.25, -0.2) is 4.79 Å². The predicted molar refractivity (Wildman–Crippen MR) is 194 cm³/mol. The van der Waals surface area contributed by atoms with Gasteiger partial charge < -0.3 is 34.3 Å². The number of hydrogen-bond acceptors (Lipinski definition) is 10. The first kappa shape index (κ1) is 42.6. The fraction of sp³-hybridized carbons (Fsp3) is 0.769. The highest BCUT2D eigenvalue weighted by atomic mass is 16.6. The predicted octanol–water partition coefficient (Wildman–Crippen LogP) is 5.12. The summed E-state index contributed by atoms with van der Waals surface area (Å²) >= 11 is 0. The molecule has 2 saturated heterocycles. The fourth-order valence-electron chi connectivity index (χ4n) is 7.45. The van der Waals surface area contributed by atoms with Crippen LogP contribution >= 0.6 is 0 Å². The van der Waals surface area contributed by atoms with E-state index >= 15 is 0 Å². The van der Waals surface area contributed by atoms with E-state index in [1.165, 1.54) is 12.0 Å². The van der Waals surface area contributed by atoms with Crippen molar-refractivity contribution in [2.45, 2.75) is 135 Å². The molecule has 0 radical (unpaired) electrons. The molecule has 290 valence electrons. The third-order valence-corrected chi connectivity index (χ3v) is 10.9. The molecule has 0 aromatic heterocycles. The second kappa shape index (κ2) is 19.9. The molecule has 0 bridgehead atoms. The van der Waals surface area contributed by atoms with Gasteiger partial charge in [0.05, 0.1) is 49.6 Å². The van der Waals surface area contributed by atoms with Crippen molar-refractivity contribution in [1.29, 1.82) is 0 Å². The van der Waals surface area contributed by atoms with Crippen LogP contribution in [-0.2, 0) is 28.5 Å². The number of epoxide rings is 1. The van der Waals surface area contributed by atoms with Crippen LogP contribution in [0.1, 0.15) is 92.9 Å². The molecule has 3 N–H and O–H groups in total. The van der Waals surface area contributed by atoms with Crippen LogP contribution in [0.15, 0.2) is 35.5 Å². The number of cyclic esters (lactones) is 1. The summed E-state index contributed by atoms with van der Waals surface area (Å²) in [6.45, 7) is 13.9. The van der Waals surface area contributed by atoms with Crippen LogP contribution in [0.2, 0.25) is 0 Å². The molecule has 1 amide bonds. The monoisotopic (exact) mass is 720 g/mol. The fourth-order valence-corrected chi connectivity index (χ4v) is 7.45. The molecule has 3 aliphatic heterocycles. The van der Waals surface area contributed by atoms with Crippen molar-refractivity contribution in [3.05, 3.63) is 35.5 Å². The van der Waals surface area contributed by atoms with Gasteiger partial charge in [-0.2, -0.15) is 0 Å². The van der Waals surface area contributed by atoms with Crippen molar-refractivity contribution in [2.75, 3.05) is 40.4 Å². The Kier molecular flexibility index (Phi) is 16.6. The normalized spacial score (nSPS) is 32.9. The van der Waals surface area contributed by atoms with Gasteiger partial charge in [-0.05, 0) is 76.0 Å². The number of esters is 2. The molecular formula is C39H64N2O10. The Morgan fingerprint density at radius 3 is 2.59 bits per heavy atom. The largest absolute Gasteiger partial charge is 0.469 e. The molecule has 0 aliphatic carbocycles. The molecule has 3 unspecified atom stereocenters. The van der Waals surface area contributed by atoms with Gasteiger partial charge in [0.1, 0.15) is 6.10 Å². The topological polar surface area (TPSA) is 159 Å². The zero-order chi connectivity index (χ0) is 37.9. The molecule has 10 atom stereocenters. The Morgan fingerprint density at radius 2 is 1.94 bits per heavy atom. The van der Waals surface area contributed by atoms with Gasteiger partial charge in [-0.1, -0.05) is 52.0 Å². The summed E-state index contributed by atoms with van der Waals surface area (Å²) in [5.41, 5.74) is 0.962. The summed E-state index contributed by atoms with van der Waals surface area (Å²) in [5.74, 6) is -0.786. The smallest absolute Gasteiger partial charge is 0.407 e. The van der Waals surface area contributed by atoms with Gasteiger partial charge in [0.15, 0.2) is 0 Å². The van der Waals surface area contributed by atoms with Crippen molar-refractivity contribution in [2.24, 2.45) is 17.8 Å². The maximum absolute atomic E-state index is 13.2. The Balaban J connectivity index is 1.90. The zero-order valence-corrected chi connectivity index (χ0v) is 32.1. The van der Waals surface area contributed by atoms with Crippen LogP contribution in [0, 0.1) is 17.8 Å². The number of allylic oxidation sites excluding steroid dienone is 3. The standard InChI is InChI=1S/C39H64N2O10/c1-9-32(43)28(5)37-33(50-37)20-25(2)12-10-13-26(3)36-27(4)21-29(23-39(6,49-8)16-15-30(42)22-35(45)51-36)31-24-40(17-11-14-34(44)48-7)18-19-41(31)38(46)47/h10,12-13,21,25,27-28,30-33,36-37,42-43H,9,11,14-20,22-24H2,1-8H3,(H,46,47)/b12-10+,26-13+,29-21-/t25-,27+,28-,30?,31?,32+,33?,36-,37-,39-/m1/s1. The molecule has 51 heavy (non-hydrogen) atoms. The molecule has 0 saturated carbocycles. The number of piperazine rings is 1.